The van der Waals surface area contributed by atoms with Crippen LogP contribution in [0.5, 0.6) is 0 Å². The smallest absolute Gasteiger partial charge is 0.231 e. The second-order valence-corrected chi connectivity index (χ2v) is 7.98. The molecular formula is C21H30N2O2. The zero-order chi connectivity index (χ0) is 17.3. The third-order valence-corrected chi connectivity index (χ3v) is 6.61. The first-order valence-electron chi connectivity index (χ1n) is 9.90. The third-order valence-electron chi connectivity index (χ3n) is 6.61. The Morgan fingerprint density at radius 2 is 1.96 bits per heavy atom. The van der Waals surface area contributed by atoms with Crippen molar-refractivity contribution in [2.24, 2.45) is 0 Å². The molecule has 4 rings (SSSR count). The maximum absolute atomic E-state index is 13.5. The lowest BCUT2D eigenvalue weighted by atomic mass is 9.71. The molecule has 3 heterocycles. The van der Waals surface area contributed by atoms with E-state index in [4.69, 9.17) is 4.74 Å². The van der Waals surface area contributed by atoms with Gasteiger partial charge >= 0.3 is 0 Å². The van der Waals surface area contributed by atoms with Gasteiger partial charge in [-0.25, -0.2) is 0 Å². The van der Waals surface area contributed by atoms with E-state index in [0.29, 0.717) is 25.3 Å². The molecular weight excluding hydrogens is 312 g/mol. The van der Waals surface area contributed by atoms with Crippen molar-refractivity contribution in [3.05, 3.63) is 35.4 Å². The molecule has 3 aliphatic rings. The molecule has 4 nitrogen and oxygen atoms in total. The van der Waals surface area contributed by atoms with Crippen molar-refractivity contribution < 1.29 is 9.53 Å². The number of rotatable bonds is 3. The molecule has 136 valence electrons. The van der Waals surface area contributed by atoms with E-state index in [2.05, 4.69) is 41.4 Å². The number of fused-ring (bicyclic) bond motifs is 1. The van der Waals surface area contributed by atoms with Crippen LogP contribution in [0.25, 0.3) is 0 Å². The van der Waals surface area contributed by atoms with Crippen molar-refractivity contribution in [3.8, 4) is 0 Å². The number of ether oxygens (including phenoxy) is 1. The maximum Gasteiger partial charge on any atom is 0.231 e. The van der Waals surface area contributed by atoms with E-state index < -0.39 is 5.41 Å². The highest BCUT2D eigenvalue weighted by atomic mass is 16.5. The third kappa shape index (κ3) is 3.11. The van der Waals surface area contributed by atoms with Gasteiger partial charge in [-0.3, -0.25) is 9.69 Å². The van der Waals surface area contributed by atoms with E-state index in [-0.39, 0.29) is 5.91 Å². The number of piperidine rings is 1. The summed E-state index contributed by atoms with van der Waals surface area (Å²) < 4.78 is 5.60. The Balaban J connectivity index is 1.57. The molecule has 0 spiro atoms. The highest BCUT2D eigenvalue weighted by molar-refractivity contribution is 5.89. The Hall–Kier alpha value is -1.39. The van der Waals surface area contributed by atoms with Crippen LogP contribution in [0.15, 0.2) is 24.3 Å². The maximum atomic E-state index is 13.5. The number of nitrogens with one attached hydrogen (secondary N) is 1. The van der Waals surface area contributed by atoms with Crippen LogP contribution in [-0.4, -0.2) is 49.2 Å². The first-order chi connectivity index (χ1) is 12.2. The average molecular weight is 342 g/mol. The van der Waals surface area contributed by atoms with Crippen molar-refractivity contribution in [2.75, 3.05) is 26.3 Å². The summed E-state index contributed by atoms with van der Waals surface area (Å²) in [4.78, 5) is 16.1. The van der Waals surface area contributed by atoms with Gasteiger partial charge in [-0.15, -0.1) is 0 Å². The van der Waals surface area contributed by atoms with Crippen LogP contribution in [-0.2, 0) is 14.9 Å². The Morgan fingerprint density at radius 3 is 2.76 bits per heavy atom. The molecule has 1 N–H and O–H groups in total. The van der Waals surface area contributed by atoms with Crippen LogP contribution in [0.4, 0.5) is 0 Å². The van der Waals surface area contributed by atoms with Crippen LogP contribution in [0.3, 0.4) is 0 Å². The highest BCUT2D eigenvalue weighted by Crippen LogP contribution is 2.38. The van der Waals surface area contributed by atoms with E-state index in [1.54, 1.807) is 0 Å². The molecule has 1 aromatic rings. The van der Waals surface area contributed by atoms with Gasteiger partial charge in [0.05, 0.1) is 5.41 Å². The van der Waals surface area contributed by atoms with E-state index in [1.165, 1.54) is 36.9 Å². The van der Waals surface area contributed by atoms with Gasteiger partial charge < -0.3 is 10.1 Å². The quantitative estimate of drug-likeness (QED) is 0.918. The van der Waals surface area contributed by atoms with E-state index in [9.17, 15) is 4.79 Å². The van der Waals surface area contributed by atoms with Crippen LogP contribution >= 0.6 is 0 Å². The summed E-state index contributed by atoms with van der Waals surface area (Å²) in [6.07, 6.45) is 6.49. The molecule has 2 unspecified atom stereocenters. The van der Waals surface area contributed by atoms with Crippen molar-refractivity contribution in [1.82, 2.24) is 10.2 Å². The summed E-state index contributed by atoms with van der Waals surface area (Å²) in [7, 11) is 0. The summed E-state index contributed by atoms with van der Waals surface area (Å²) >= 11 is 0. The van der Waals surface area contributed by atoms with E-state index in [0.717, 1.165) is 25.8 Å². The topological polar surface area (TPSA) is 41.6 Å². The molecule has 0 aromatic heterocycles. The Kier molecular flexibility index (Phi) is 4.83. The number of nitrogens with zero attached hydrogens (tertiary/aromatic N) is 1. The average Bonchev–Trinajstić information content (AvgIpc) is 3.06. The molecule has 3 aliphatic heterocycles. The fourth-order valence-corrected chi connectivity index (χ4v) is 5.17. The van der Waals surface area contributed by atoms with Crippen molar-refractivity contribution in [3.63, 3.8) is 0 Å². The normalized spacial score (nSPS) is 29.2. The molecule has 1 aromatic carbocycles. The molecule has 0 aliphatic carbocycles. The number of aryl methyl sites for hydroxylation is 1. The fourth-order valence-electron chi connectivity index (χ4n) is 5.17. The molecule has 25 heavy (non-hydrogen) atoms. The number of hydrogen-bond acceptors (Lipinski definition) is 3. The summed E-state index contributed by atoms with van der Waals surface area (Å²) in [6, 6.07) is 9.24. The fraction of sp³-hybridized carbons (Fsp3) is 0.667. The zero-order valence-electron chi connectivity index (χ0n) is 15.3. The summed E-state index contributed by atoms with van der Waals surface area (Å²) in [5, 5.41) is 3.48. The lowest BCUT2D eigenvalue weighted by Gasteiger charge is -2.39. The number of carbonyl (C=O) groups is 1. The van der Waals surface area contributed by atoms with Crippen molar-refractivity contribution in [2.45, 2.75) is 62.9 Å². The summed E-state index contributed by atoms with van der Waals surface area (Å²) in [5.41, 5.74) is 1.98. The Labute approximate surface area is 150 Å². The number of amides is 1. The molecule has 0 saturated carbocycles. The second-order valence-electron chi connectivity index (χ2n) is 7.98. The predicted octanol–water partition coefficient (Wildman–Crippen LogP) is 2.79. The van der Waals surface area contributed by atoms with E-state index >= 15 is 0 Å². The first-order valence-corrected chi connectivity index (χ1v) is 9.90. The minimum Gasteiger partial charge on any atom is -0.381 e. The molecule has 2 atom stereocenters. The zero-order valence-corrected chi connectivity index (χ0v) is 15.3. The molecule has 4 heteroatoms. The van der Waals surface area contributed by atoms with Crippen molar-refractivity contribution in [1.29, 1.82) is 0 Å². The highest BCUT2D eigenvalue weighted by Gasteiger charge is 2.45. The minimum atomic E-state index is -0.425. The lowest BCUT2D eigenvalue weighted by Crippen LogP contribution is -2.54. The van der Waals surface area contributed by atoms with Gasteiger partial charge in [-0.1, -0.05) is 30.7 Å². The lowest BCUT2D eigenvalue weighted by molar-refractivity contribution is -0.131. The van der Waals surface area contributed by atoms with Gasteiger partial charge in [0.2, 0.25) is 5.91 Å². The van der Waals surface area contributed by atoms with Gasteiger partial charge in [0.1, 0.15) is 0 Å². The minimum absolute atomic E-state index is 0.225. The van der Waals surface area contributed by atoms with Gasteiger partial charge in [0.15, 0.2) is 0 Å². The predicted molar refractivity (Wildman–Crippen MR) is 98.7 cm³/mol. The summed E-state index contributed by atoms with van der Waals surface area (Å²) in [5.74, 6) is 0.225. The van der Waals surface area contributed by atoms with Gasteiger partial charge in [-0.2, -0.15) is 0 Å². The standard InChI is InChI=1S/C21H30N2O2/c1-16-6-2-3-7-17(16)21(10-14-25-15-11-21)20(24)22-18-9-13-23-12-5-4-8-19(18)23/h2-3,6-7,18-19H,4-5,8-15H2,1H3,(H,22,24). The number of hydrogen-bond donors (Lipinski definition) is 1. The van der Waals surface area contributed by atoms with Crippen LogP contribution in [0, 0.1) is 6.92 Å². The Morgan fingerprint density at radius 1 is 1.16 bits per heavy atom. The number of carbonyl (C=O) groups excluding carboxylic acids is 1. The van der Waals surface area contributed by atoms with Crippen LogP contribution < -0.4 is 5.32 Å². The van der Waals surface area contributed by atoms with Crippen LogP contribution in [0.1, 0.15) is 49.7 Å². The largest absolute Gasteiger partial charge is 0.381 e. The monoisotopic (exact) mass is 342 g/mol. The van der Waals surface area contributed by atoms with E-state index in [1.807, 2.05) is 0 Å². The summed E-state index contributed by atoms with van der Waals surface area (Å²) in [6.45, 7) is 5.80. The molecule has 1 amide bonds. The molecule has 3 fully saturated rings. The molecule has 3 saturated heterocycles. The van der Waals surface area contributed by atoms with Gasteiger partial charge in [-0.05, 0) is 56.7 Å². The molecule has 0 bridgehead atoms. The van der Waals surface area contributed by atoms with Gasteiger partial charge in [0.25, 0.3) is 0 Å². The molecule has 0 radical (unpaired) electrons. The SMILES string of the molecule is Cc1ccccc1C1(C(=O)NC2CCN3CCCCC23)CCOCC1. The Bertz CT molecular complexity index is 624. The van der Waals surface area contributed by atoms with Crippen LogP contribution in [0.2, 0.25) is 0 Å². The van der Waals surface area contributed by atoms with Gasteiger partial charge in [0, 0.05) is 31.8 Å². The first kappa shape index (κ1) is 17.0. The van der Waals surface area contributed by atoms with Crippen molar-refractivity contribution >= 4 is 5.91 Å². The second kappa shape index (κ2) is 7.08. The number of benzene rings is 1.